The second kappa shape index (κ2) is 7.66. The molecule has 0 spiro atoms. The summed E-state index contributed by atoms with van der Waals surface area (Å²) in [5.41, 5.74) is 2.99. The molecule has 0 radical (unpaired) electrons. The predicted octanol–water partition coefficient (Wildman–Crippen LogP) is 3.49. The molecule has 8 heteroatoms. The zero-order valence-electron chi connectivity index (χ0n) is 15.5. The van der Waals surface area contributed by atoms with Crippen LogP contribution in [0.2, 0.25) is 0 Å². The Hall–Kier alpha value is -2.45. The Morgan fingerprint density at radius 2 is 2.26 bits per heavy atom. The molecule has 2 N–H and O–H groups in total. The summed E-state index contributed by atoms with van der Waals surface area (Å²) in [6, 6.07) is 4.81. The monoisotopic (exact) mass is 385 g/mol. The van der Waals surface area contributed by atoms with Crippen LogP contribution in [0.25, 0.3) is 21.7 Å². The van der Waals surface area contributed by atoms with Crippen LogP contribution >= 0.6 is 11.3 Å². The largest absolute Gasteiger partial charge is 0.423 e. The van der Waals surface area contributed by atoms with E-state index in [0.717, 1.165) is 42.0 Å². The Bertz CT molecular complexity index is 937. The highest BCUT2D eigenvalue weighted by molar-refractivity contribution is 7.13. The van der Waals surface area contributed by atoms with Crippen LogP contribution in [-0.2, 0) is 4.79 Å². The molecule has 2 aromatic heterocycles. The fraction of sp³-hybridized carbons (Fsp3) is 0.421. The van der Waals surface area contributed by atoms with Crippen molar-refractivity contribution in [2.75, 3.05) is 30.4 Å². The summed E-state index contributed by atoms with van der Waals surface area (Å²) in [6.45, 7) is 3.29. The van der Waals surface area contributed by atoms with Gasteiger partial charge in [0.1, 0.15) is 10.5 Å². The van der Waals surface area contributed by atoms with Crippen LogP contribution in [0.4, 0.5) is 11.7 Å². The van der Waals surface area contributed by atoms with Gasteiger partial charge in [0, 0.05) is 43.3 Å². The van der Waals surface area contributed by atoms with Crippen LogP contribution in [0.3, 0.4) is 0 Å². The van der Waals surface area contributed by atoms with Gasteiger partial charge in [-0.3, -0.25) is 4.79 Å². The van der Waals surface area contributed by atoms with E-state index in [1.165, 1.54) is 24.7 Å². The maximum Gasteiger partial charge on any atom is 0.298 e. The van der Waals surface area contributed by atoms with Crippen LogP contribution in [0.5, 0.6) is 0 Å². The van der Waals surface area contributed by atoms with E-state index in [1.807, 2.05) is 24.6 Å². The Morgan fingerprint density at radius 1 is 1.37 bits per heavy atom. The van der Waals surface area contributed by atoms with Crippen LogP contribution in [0.15, 0.2) is 28.1 Å². The number of nitrogens with one attached hydrogen (secondary N) is 2. The molecule has 1 aliphatic rings. The van der Waals surface area contributed by atoms with Gasteiger partial charge in [0.15, 0.2) is 5.58 Å². The Balaban J connectivity index is 1.78. The Kier molecular flexibility index (Phi) is 5.09. The summed E-state index contributed by atoms with van der Waals surface area (Å²) < 4.78 is 6.21. The summed E-state index contributed by atoms with van der Waals surface area (Å²) >= 11 is 1.54. The van der Waals surface area contributed by atoms with Crippen LogP contribution in [-0.4, -0.2) is 42.1 Å². The van der Waals surface area contributed by atoms with Gasteiger partial charge in [0.05, 0.1) is 5.56 Å². The topological polar surface area (TPSA) is 83.3 Å². The molecule has 27 heavy (non-hydrogen) atoms. The van der Waals surface area contributed by atoms with E-state index < -0.39 is 0 Å². The first-order valence-electron chi connectivity index (χ1n) is 9.18. The lowest BCUT2D eigenvalue weighted by molar-refractivity contribution is -0.114. The predicted molar refractivity (Wildman–Crippen MR) is 108 cm³/mol. The highest BCUT2D eigenvalue weighted by Crippen LogP contribution is 2.36. The van der Waals surface area contributed by atoms with Gasteiger partial charge < -0.3 is 20.0 Å². The molecule has 1 saturated heterocycles. The number of fused-ring (bicyclic) bond motifs is 1. The molecule has 1 amide bonds. The minimum absolute atomic E-state index is 0.118. The zero-order chi connectivity index (χ0) is 18.8. The standard InChI is InChI=1S/C19H23N5O2S/c1-12(25)22-14-9-15(18-21-6-8-27-18)17-16(10-14)23-19(26-17)24-7-4-3-5-13(11-24)20-2/h6,8-10,13,20H,3-5,7,11H2,1-2H3,(H,22,25). The smallest absolute Gasteiger partial charge is 0.298 e. The summed E-state index contributed by atoms with van der Waals surface area (Å²) in [5.74, 6) is -0.118. The van der Waals surface area contributed by atoms with Crippen molar-refractivity contribution in [2.45, 2.75) is 32.2 Å². The minimum atomic E-state index is -0.118. The molecule has 1 unspecified atom stereocenters. The first-order valence-corrected chi connectivity index (χ1v) is 10.1. The number of rotatable bonds is 4. The second-order valence-corrected chi connectivity index (χ2v) is 7.71. The number of nitrogens with zero attached hydrogens (tertiary/aromatic N) is 3. The molecule has 1 atom stereocenters. The third kappa shape index (κ3) is 3.81. The average molecular weight is 385 g/mol. The van der Waals surface area contributed by atoms with E-state index in [2.05, 4.69) is 20.5 Å². The van der Waals surface area contributed by atoms with Gasteiger partial charge in [0.2, 0.25) is 5.91 Å². The number of carbonyl (C=O) groups excluding carboxylic acids is 1. The maximum atomic E-state index is 11.5. The number of hydrogen-bond donors (Lipinski definition) is 2. The number of aromatic nitrogens is 2. The molecule has 0 bridgehead atoms. The van der Waals surface area contributed by atoms with Crippen molar-refractivity contribution in [3.63, 3.8) is 0 Å². The third-order valence-corrected chi connectivity index (χ3v) is 5.62. The average Bonchev–Trinajstić information content (AvgIpc) is 3.25. The van der Waals surface area contributed by atoms with Crippen LogP contribution in [0, 0.1) is 0 Å². The maximum absolute atomic E-state index is 11.5. The lowest BCUT2D eigenvalue weighted by Crippen LogP contribution is -2.38. The van der Waals surface area contributed by atoms with Crippen LogP contribution in [0.1, 0.15) is 26.2 Å². The first kappa shape index (κ1) is 17.9. The van der Waals surface area contributed by atoms with E-state index in [4.69, 9.17) is 9.40 Å². The number of hydrogen-bond acceptors (Lipinski definition) is 7. The van der Waals surface area contributed by atoms with E-state index in [-0.39, 0.29) is 5.91 Å². The quantitative estimate of drug-likeness (QED) is 0.715. The minimum Gasteiger partial charge on any atom is -0.423 e. The van der Waals surface area contributed by atoms with Gasteiger partial charge in [-0.15, -0.1) is 11.3 Å². The summed E-state index contributed by atoms with van der Waals surface area (Å²) in [5, 5.41) is 8.99. The number of anilines is 2. The van der Waals surface area contributed by atoms with Gasteiger partial charge in [-0.05, 0) is 32.0 Å². The molecule has 3 heterocycles. The summed E-state index contributed by atoms with van der Waals surface area (Å²) in [4.78, 5) is 22.9. The molecule has 4 rings (SSSR count). The van der Waals surface area contributed by atoms with Gasteiger partial charge in [-0.1, -0.05) is 6.42 Å². The fourth-order valence-corrected chi connectivity index (χ4v) is 4.15. The SMILES string of the molecule is CNC1CCCCN(c2nc3cc(NC(C)=O)cc(-c4nccs4)c3o2)C1. The molecule has 0 saturated carbocycles. The zero-order valence-corrected chi connectivity index (χ0v) is 16.3. The van der Waals surface area contributed by atoms with Crippen molar-refractivity contribution in [1.82, 2.24) is 15.3 Å². The number of amides is 1. The van der Waals surface area contributed by atoms with Crippen molar-refractivity contribution in [1.29, 1.82) is 0 Å². The Labute approximate surface area is 161 Å². The number of benzene rings is 1. The van der Waals surface area contributed by atoms with Crippen molar-refractivity contribution in [3.05, 3.63) is 23.7 Å². The lowest BCUT2D eigenvalue weighted by Gasteiger charge is -2.22. The lowest BCUT2D eigenvalue weighted by atomic mass is 10.1. The van der Waals surface area contributed by atoms with Crippen molar-refractivity contribution >= 4 is 40.0 Å². The van der Waals surface area contributed by atoms with Gasteiger partial charge in [0.25, 0.3) is 6.01 Å². The second-order valence-electron chi connectivity index (χ2n) is 6.81. The molecule has 0 aliphatic carbocycles. The summed E-state index contributed by atoms with van der Waals surface area (Å²) in [7, 11) is 2.00. The first-order chi connectivity index (χ1) is 13.1. The van der Waals surface area contributed by atoms with E-state index in [9.17, 15) is 4.79 Å². The number of oxazole rings is 1. The van der Waals surface area contributed by atoms with Gasteiger partial charge >= 0.3 is 0 Å². The highest BCUT2D eigenvalue weighted by atomic mass is 32.1. The molecule has 1 aliphatic heterocycles. The van der Waals surface area contributed by atoms with Crippen LogP contribution < -0.4 is 15.5 Å². The molecule has 3 aromatic rings. The van der Waals surface area contributed by atoms with Crippen molar-refractivity contribution in [3.8, 4) is 10.6 Å². The normalized spacial score (nSPS) is 17.9. The number of carbonyl (C=O) groups is 1. The molecule has 7 nitrogen and oxygen atoms in total. The molecule has 1 aromatic carbocycles. The molecular weight excluding hydrogens is 362 g/mol. The number of thiazole rings is 1. The van der Waals surface area contributed by atoms with E-state index in [0.29, 0.717) is 23.3 Å². The van der Waals surface area contributed by atoms with Gasteiger partial charge in [-0.25, -0.2) is 4.98 Å². The third-order valence-electron chi connectivity index (χ3n) is 4.81. The van der Waals surface area contributed by atoms with E-state index in [1.54, 1.807) is 6.20 Å². The van der Waals surface area contributed by atoms with Gasteiger partial charge in [-0.2, -0.15) is 4.98 Å². The highest BCUT2D eigenvalue weighted by Gasteiger charge is 2.23. The number of likely N-dealkylation sites (N-methyl/N-ethyl adjacent to an activating group) is 1. The fourth-order valence-electron chi connectivity index (χ4n) is 3.50. The summed E-state index contributed by atoms with van der Waals surface area (Å²) in [6.07, 6.45) is 5.23. The Morgan fingerprint density at radius 3 is 3.00 bits per heavy atom. The molecule has 1 fully saturated rings. The van der Waals surface area contributed by atoms with E-state index >= 15 is 0 Å². The molecular formula is C19H23N5O2S. The van der Waals surface area contributed by atoms with Crippen molar-refractivity contribution in [2.24, 2.45) is 0 Å². The van der Waals surface area contributed by atoms with Crippen molar-refractivity contribution < 1.29 is 9.21 Å². The molecule has 142 valence electrons.